The molecule has 0 fully saturated rings. The molecule has 2 aromatic rings. The number of hydrazine groups is 1. The van der Waals surface area contributed by atoms with Crippen molar-refractivity contribution in [2.75, 3.05) is 20.3 Å². The maximum absolute atomic E-state index is 12.2. The van der Waals surface area contributed by atoms with Crippen LogP contribution in [0.2, 0.25) is 0 Å². The summed E-state index contributed by atoms with van der Waals surface area (Å²) in [5, 5.41) is 0. The first-order valence-corrected chi connectivity index (χ1v) is 9.87. The number of amides is 2. The van der Waals surface area contributed by atoms with E-state index in [1.807, 2.05) is 13.8 Å². The van der Waals surface area contributed by atoms with Crippen molar-refractivity contribution >= 4 is 34.4 Å². The highest BCUT2D eigenvalue weighted by molar-refractivity contribution is 14.1. The average molecular weight is 498 g/mol. The highest BCUT2D eigenvalue weighted by Gasteiger charge is 2.12. The fourth-order valence-corrected chi connectivity index (χ4v) is 3.18. The number of rotatable bonds is 8. The molecule has 0 heterocycles. The van der Waals surface area contributed by atoms with Crippen LogP contribution < -0.4 is 25.1 Å². The van der Waals surface area contributed by atoms with Crippen LogP contribution in [-0.2, 0) is 11.2 Å². The molecule has 8 heteroatoms. The Morgan fingerprint density at radius 2 is 1.61 bits per heavy atom. The zero-order valence-corrected chi connectivity index (χ0v) is 18.2. The first-order valence-electron chi connectivity index (χ1n) is 8.79. The number of nitrogens with one attached hydrogen (secondary N) is 2. The summed E-state index contributed by atoms with van der Waals surface area (Å²) in [5.74, 6) is 1.16. The number of hydrogen-bond donors (Lipinski definition) is 2. The third-order valence-electron chi connectivity index (χ3n) is 3.70. The normalized spacial score (nSPS) is 10.1. The highest BCUT2D eigenvalue weighted by atomic mass is 127. The number of hydrogen-bond acceptors (Lipinski definition) is 5. The molecule has 2 aromatic carbocycles. The van der Waals surface area contributed by atoms with Gasteiger partial charge in [-0.05, 0) is 72.3 Å². The van der Waals surface area contributed by atoms with E-state index in [2.05, 4.69) is 33.4 Å². The minimum Gasteiger partial charge on any atom is -0.496 e. The summed E-state index contributed by atoms with van der Waals surface area (Å²) in [6.45, 7) is 4.79. The van der Waals surface area contributed by atoms with Crippen LogP contribution in [0.3, 0.4) is 0 Å². The fraction of sp³-hybridized carbons (Fsp3) is 0.300. The van der Waals surface area contributed by atoms with E-state index in [9.17, 15) is 9.59 Å². The lowest BCUT2D eigenvalue weighted by Gasteiger charge is -2.13. The molecule has 28 heavy (non-hydrogen) atoms. The molecule has 2 N–H and O–H groups in total. The number of benzene rings is 2. The summed E-state index contributed by atoms with van der Waals surface area (Å²) in [6, 6.07) is 10.3. The summed E-state index contributed by atoms with van der Waals surface area (Å²) in [4.78, 5) is 24.4. The van der Waals surface area contributed by atoms with Gasteiger partial charge in [0.15, 0.2) is 11.5 Å². The lowest BCUT2D eigenvalue weighted by molar-refractivity contribution is -0.121. The Labute approximate surface area is 177 Å². The molecule has 150 valence electrons. The summed E-state index contributed by atoms with van der Waals surface area (Å²) in [5.41, 5.74) is 6.01. The van der Waals surface area contributed by atoms with Gasteiger partial charge in [0.05, 0.1) is 30.3 Å². The Morgan fingerprint density at radius 3 is 2.25 bits per heavy atom. The van der Waals surface area contributed by atoms with Gasteiger partial charge in [0.2, 0.25) is 5.91 Å². The monoisotopic (exact) mass is 498 g/mol. The van der Waals surface area contributed by atoms with Gasteiger partial charge in [0.1, 0.15) is 5.75 Å². The van der Waals surface area contributed by atoms with Gasteiger partial charge in [-0.1, -0.05) is 6.07 Å². The van der Waals surface area contributed by atoms with Crippen LogP contribution >= 0.6 is 22.6 Å². The van der Waals surface area contributed by atoms with Gasteiger partial charge in [-0.3, -0.25) is 20.4 Å². The second kappa shape index (κ2) is 10.7. The topological polar surface area (TPSA) is 85.9 Å². The molecule has 0 aliphatic rings. The van der Waals surface area contributed by atoms with Crippen molar-refractivity contribution in [3.63, 3.8) is 0 Å². The molecule has 2 amide bonds. The number of halogens is 1. The third kappa shape index (κ3) is 6.01. The van der Waals surface area contributed by atoms with E-state index < -0.39 is 5.91 Å². The molecule has 0 aliphatic heterocycles. The number of carbonyl (C=O) groups is 2. The van der Waals surface area contributed by atoms with E-state index in [4.69, 9.17) is 14.2 Å². The third-order valence-corrected chi connectivity index (χ3v) is 4.54. The Morgan fingerprint density at radius 1 is 0.929 bits per heavy atom. The Hall–Kier alpha value is -2.49. The van der Waals surface area contributed by atoms with Crippen molar-refractivity contribution in [3.8, 4) is 17.2 Å². The van der Waals surface area contributed by atoms with Crippen LogP contribution in [0.1, 0.15) is 29.8 Å². The van der Waals surface area contributed by atoms with E-state index >= 15 is 0 Å². The molecule has 0 bridgehead atoms. The van der Waals surface area contributed by atoms with Gasteiger partial charge < -0.3 is 14.2 Å². The summed E-state index contributed by atoms with van der Waals surface area (Å²) < 4.78 is 17.0. The number of methoxy groups -OCH3 is 1. The molecule has 0 aliphatic carbocycles. The molecule has 0 unspecified atom stereocenters. The van der Waals surface area contributed by atoms with E-state index in [1.54, 1.807) is 43.5 Å². The molecule has 7 nitrogen and oxygen atoms in total. The molecule has 0 radical (unpaired) electrons. The van der Waals surface area contributed by atoms with Crippen LogP contribution in [-0.4, -0.2) is 32.1 Å². The first kappa shape index (κ1) is 21.8. The van der Waals surface area contributed by atoms with Crippen molar-refractivity contribution in [1.82, 2.24) is 10.9 Å². The van der Waals surface area contributed by atoms with Gasteiger partial charge in [0, 0.05) is 5.56 Å². The Bertz CT molecular complexity index is 841. The predicted molar refractivity (Wildman–Crippen MR) is 114 cm³/mol. The van der Waals surface area contributed by atoms with Gasteiger partial charge in [0.25, 0.3) is 5.91 Å². The lowest BCUT2D eigenvalue weighted by Crippen LogP contribution is -2.42. The largest absolute Gasteiger partial charge is 0.496 e. The molecular weight excluding hydrogens is 475 g/mol. The number of ether oxygens (including phenoxy) is 3. The van der Waals surface area contributed by atoms with E-state index in [0.717, 1.165) is 9.13 Å². The minimum absolute atomic E-state index is 0.0902. The zero-order valence-electron chi connectivity index (χ0n) is 16.0. The molecular formula is C20H23IN2O5. The van der Waals surface area contributed by atoms with Crippen LogP contribution in [0.15, 0.2) is 36.4 Å². The standard InChI is InChI=1S/C20H23IN2O5/c1-4-27-17-8-6-13(10-18(17)28-5-2)11-19(24)22-23-20(25)14-7-9-16(26-3)15(21)12-14/h6-10,12H,4-5,11H2,1-3H3,(H,22,24)(H,23,25). The molecule has 2 rings (SSSR count). The zero-order chi connectivity index (χ0) is 20.5. The number of carbonyl (C=O) groups excluding carboxylic acids is 2. The maximum atomic E-state index is 12.2. The second-order valence-corrected chi connectivity index (χ2v) is 6.84. The smallest absolute Gasteiger partial charge is 0.269 e. The molecule has 0 atom stereocenters. The van der Waals surface area contributed by atoms with Crippen molar-refractivity contribution in [2.24, 2.45) is 0 Å². The molecule has 0 saturated carbocycles. The quantitative estimate of drug-likeness (QED) is 0.432. The van der Waals surface area contributed by atoms with Crippen LogP contribution in [0.4, 0.5) is 0 Å². The van der Waals surface area contributed by atoms with Crippen LogP contribution in [0.25, 0.3) is 0 Å². The highest BCUT2D eigenvalue weighted by Crippen LogP contribution is 2.28. The van der Waals surface area contributed by atoms with Crippen molar-refractivity contribution in [3.05, 3.63) is 51.1 Å². The Kier molecular flexibility index (Phi) is 8.37. The predicted octanol–water partition coefficient (Wildman–Crippen LogP) is 3.10. The minimum atomic E-state index is -0.407. The van der Waals surface area contributed by atoms with Gasteiger partial charge in [-0.25, -0.2) is 0 Å². The van der Waals surface area contributed by atoms with E-state index in [1.165, 1.54) is 0 Å². The summed E-state index contributed by atoms with van der Waals surface area (Å²) in [7, 11) is 1.56. The van der Waals surface area contributed by atoms with Crippen molar-refractivity contribution < 1.29 is 23.8 Å². The van der Waals surface area contributed by atoms with Crippen molar-refractivity contribution in [2.45, 2.75) is 20.3 Å². The second-order valence-electron chi connectivity index (χ2n) is 5.68. The fourth-order valence-electron chi connectivity index (χ4n) is 2.44. The van der Waals surface area contributed by atoms with Gasteiger partial charge >= 0.3 is 0 Å². The first-order chi connectivity index (χ1) is 13.5. The summed E-state index contributed by atoms with van der Waals surface area (Å²) >= 11 is 2.08. The summed E-state index contributed by atoms with van der Waals surface area (Å²) in [6.07, 6.45) is 0.0902. The van der Waals surface area contributed by atoms with Crippen LogP contribution in [0, 0.1) is 3.57 Å². The van der Waals surface area contributed by atoms with Crippen LogP contribution in [0.5, 0.6) is 17.2 Å². The van der Waals surface area contributed by atoms with Crippen molar-refractivity contribution in [1.29, 1.82) is 0 Å². The lowest BCUT2D eigenvalue weighted by atomic mass is 10.1. The average Bonchev–Trinajstić information content (AvgIpc) is 2.68. The molecule has 0 spiro atoms. The van der Waals surface area contributed by atoms with E-state index in [-0.39, 0.29) is 12.3 Å². The van der Waals surface area contributed by atoms with E-state index in [0.29, 0.717) is 36.0 Å². The maximum Gasteiger partial charge on any atom is 0.269 e. The van der Waals surface area contributed by atoms with Gasteiger partial charge in [-0.2, -0.15) is 0 Å². The Balaban J connectivity index is 1.95. The van der Waals surface area contributed by atoms with Gasteiger partial charge in [-0.15, -0.1) is 0 Å². The SMILES string of the molecule is CCOc1ccc(CC(=O)NNC(=O)c2ccc(OC)c(I)c2)cc1OCC. The molecule has 0 aromatic heterocycles. The molecule has 0 saturated heterocycles.